The maximum Gasteiger partial charge on any atom is 0.131 e. The zero-order chi connectivity index (χ0) is 17.9. The maximum absolute atomic E-state index is 10.4. The summed E-state index contributed by atoms with van der Waals surface area (Å²) in [5, 5.41) is 23.8. The molecule has 0 bridgehead atoms. The first-order valence-corrected chi connectivity index (χ1v) is 9.47. The van der Waals surface area contributed by atoms with Crippen LogP contribution < -0.4 is 5.32 Å². The van der Waals surface area contributed by atoms with E-state index in [0.717, 1.165) is 23.5 Å². The van der Waals surface area contributed by atoms with Gasteiger partial charge in [-0.15, -0.1) is 0 Å². The van der Waals surface area contributed by atoms with Crippen molar-refractivity contribution >= 4 is 0 Å². The highest BCUT2D eigenvalue weighted by atomic mass is 16.3. The first-order valence-electron chi connectivity index (χ1n) is 9.47. The molecule has 2 heterocycles. The SMILES string of the molecule is OC[C@@H]1[C@@H](Cc2ccnc(C3CC3)n2)[C@H](NCc2cccnc2)C[C@H]1O. The van der Waals surface area contributed by atoms with Gasteiger partial charge in [0.1, 0.15) is 5.82 Å². The van der Waals surface area contributed by atoms with Gasteiger partial charge in [-0.25, -0.2) is 9.97 Å². The molecular formula is C20H26N4O2. The van der Waals surface area contributed by atoms with E-state index in [1.165, 1.54) is 12.8 Å². The van der Waals surface area contributed by atoms with Gasteiger partial charge in [-0.05, 0) is 49.3 Å². The second-order valence-corrected chi connectivity index (χ2v) is 7.55. The second kappa shape index (κ2) is 7.78. The summed E-state index contributed by atoms with van der Waals surface area (Å²) in [5.41, 5.74) is 2.12. The lowest BCUT2D eigenvalue weighted by Gasteiger charge is -2.25. The Bertz CT molecular complexity index is 723. The van der Waals surface area contributed by atoms with Crippen molar-refractivity contribution < 1.29 is 10.2 Å². The summed E-state index contributed by atoms with van der Waals surface area (Å²) in [6.45, 7) is 0.703. The van der Waals surface area contributed by atoms with Crippen molar-refractivity contribution in [1.82, 2.24) is 20.3 Å². The Morgan fingerprint density at radius 3 is 2.77 bits per heavy atom. The van der Waals surface area contributed by atoms with Crippen LogP contribution in [0.2, 0.25) is 0 Å². The van der Waals surface area contributed by atoms with Crippen LogP contribution in [0.3, 0.4) is 0 Å². The molecule has 0 aliphatic heterocycles. The van der Waals surface area contributed by atoms with E-state index in [2.05, 4.69) is 15.3 Å². The van der Waals surface area contributed by atoms with Crippen molar-refractivity contribution in [3.05, 3.63) is 53.9 Å². The molecule has 3 N–H and O–H groups in total. The van der Waals surface area contributed by atoms with Gasteiger partial charge in [-0.3, -0.25) is 4.98 Å². The largest absolute Gasteiger partial charge is 0.396 e. The smallest absolute Gasteiger partial charge is 0.131 e. The van der Waals surface area contributed by atoms with Crippen LogP contribution in [0.25, 0.3) is 0 Å². The normalized spacial score (nSPS) is 28.4. The summed E-state index contributed by atoms with van der Waals surface area (Å²) in [5.74, 6) is 1.49. The van der Waals surface area contributed by atoms with E-state index in [0.29, 0.717) is 18.9 Å². The lowest BCUT2D eigenvalue weighted by atomic mass is 9.88. The minimum atomic E-state index is -0.485. The van der Waals surface area contributed by atoms with E-state index in [9.17, 15) is 10.2 Å². The summed E-state index contributed by atoms with van der Waals surface area (Å²) >= 11 is 0. The van der Waals surface area contributed by atoms with E-state index in [1.54, 1.807) is 6.20 Å². The van der Waals surface area contributed by atoms with E-state index >= 15 is 0 Å². The van der Waals surface area contributed by atoms with Gasteiger partial charge in [0.25, 0.3) is 0 Å². The molecule has 2 aromatic rings. The number of pyridine rings is 1. The molecule has 0 unspecified atom stereocenters. The Morgan fingerprint density at radius 1 is 1.15 bits per heavy atom. The Balaban J connectivity index is 1.47. The molecule has 0 spiro atoms. The zero-order valence-corrected chi connectivity index (χ0v) is 14.8. The van der Waals surface area contributed by atoms with Gasteiger partial charge in [-0.1, -0.05) is 6.07 Å². The molecule has 0 aromatic carbocycles. The molecule has 138 valence electrons. The second-order valence-electron chi connectivity index (χ2n) is 7.55. The molecule has 0 radical (unpaired) electrons. The van der Waals surface area contributed by atoms with Gasteiger partial charge in [0, 0.05) is 55.3 Å². The number of aliphatic hydroxyl groups excluding tert-OH is 2. The lowest BCUT2D eigenvalue weighted by molar-refractivity contribution is 0.0716. The molecule has 0 amide bonds. The fourth-order valence-electron chi connectivity index (χ4n) is 4.04. The number of nitrogens with zero attached hydrogens (tertiary/aromatic N) is 3. The van der Waals surface area contributed by atoms with Crippen molar-refractivity contribution in [3.63, 3.8) is 0 Å². The van der Waals surface area contributed by atoms with E-state index in [1.807, 2.05) is 30.6 Å². The van der Waals surface area contributed by atoms with E-state index in [-0.39, 0.29) is 24.5 Å². The molecule has 4 atom stereocenters. The summed E-state index contributed by atoms with van der Waals surface area (Å²) in [7, 11) is 0. The predicted molar refractivity (Wildman–Crippen MR) is 97.3 cm³/mol. The predicted octanol–water partition coefficient (Wildman–Crippen LogP) is 1.44. The topological polar surface area (TPSA) is 91.2 Å². The molecule has 0 saturated heterocycles. The molecule has 6 nitrogen and oxygen atoms in total. The summed E-state index contributed by atoms with van der Waals surface area (Å²) in [6, 6.07) is 6.07. The first kappa shape index (κ1) is 17.5. The average Bonchev–Trinajstić information content (AvgIpc) is 3.47. The zero-order valence-electron chi connectivity index (χ0n) is 14.8. The van der Waals surface area contributed by atoms with Gasteiger partial charge in [0.05, 0.1) is 6.10 Å². The number of rotatable bonds is 7. The Hall–Kier alpha value is -1.89. The third-order valence-corrected chi connectivity index (χ3v) is 5.68. The van der Waals surface area contributed by atoms with Crippen molar-refractivity contribution in [1.29, 1.82) is 0 Å². The molecule has 2 aliphatic carbocycles. The van der Waals surface area contributed by atoms with Crippen molar-refractivity contribution in [2.24, 2.45) is 11.8 Å². The lowest BCUT2D eigenvalue weighted by Crippen LogP contribution is -2.36. The number of aromatic nitrogens is 3. The molecule has 2 saturated carbocycles. The molecule has 2 aromatic heterocycles. The van der Waals surface area contributed by atoms with Crippen LogP contribution in [0.1, 0.15) is 42.3 Å². The monoisotopic (exact) mass is 354 g/mol. The number of nitrogens with one attached hydrogen (secondary N) is 1. The molecule has 26 heavy (non-hydrogen) atoms. The van der Waals surface area contributed by atoms with Crippen LogP contribution in [0.4, 0.5) is 0 Å². The van der Waals surface area contributed by atoms with E-state index in [4.69, 9.17) is 4.98 Å². The molecule has 6 heteroatoms. The van der Waals surface area contributed by atoms with Crippen LogP contribution in [-0.2, 0) is 13.0 Å². The van der Waals surface area contributed by atoms with Gasteiger partial charge in [0.2, 0.25) is 0 Å². The first-order chi connectivity index (χ1) is 12.7. The van der Waals surface area contributed by atoms with Crippen LogP contribution in [0, 0.1) is 11.8 Å². The third-order valence-electron chi connectivity index (χ3n) is 5.68. The quantitative estimate of drug-likeness (QED) is 0.697. The summed E-state index contributed by atoms with van der Waals surface area (Å²) in [4.78, 5) is 13.3. The van der Waals surface area contributed by atoms with Gasteiger partial charge < -0.3 is 15.5 Å². The highest BCUT2D eigenvalue weighted by Crippen LogP contribution is 2.38. The van der Waals surface area contributed by atoms with Crippen LogP contribution in [-0.4, -0.2) is 43.9 Å². The average molecular weight is 354 g/mol. The number of aliphatic hydroxyl groups is 2. The molecule has 2 aliphatic rings. The van der Waals surface area contributed by atoms with Crippen LogP contribution >= 0.6 is 0 Å². The van der Waals surface area contributed by atoms with Crippen molar-refractivity contribution in [2.75, 3.05) is 6.61 Å². The van der Waals surface area contributed by atoms with Crippen molar-refractivity contribution in [2.45, 2.75) is 50.3 Å². The fraction of sp³-hybridized carbons (Fsp3) is 0.550. The molecule has 4 rings (SSSR count). The minimum Gasteiger partial charge on any atom is -0.396 e. The van der Waals surface area contributed by atoms with Crippen molar-refractivity contribution in [3.8, 4) is 0 Å². The summed E-state index contributed by atoms with van der Waals surface area (Å²) in [6.07, 6.45) is 8.73. The summed E-state index contributed by atoms with van der Waals surface area (Å²) < 4.78 is 0. The standard InChI is InChI=1S/C20H26N4O2/c25-12-17-16(8-15-5-7-22-20(24-15)14-3-4-14)18(9-19(17)26)23-11-13-2-1-6-21-10-13/h1-2,5-7,10,14,16-19,23,25-26H,3-4,8-9,11-12H2/t16-,17-,18-,19-/m1/s1. The highest BCUT2D eigenvalue weighted by Gasteiger charge is 2.42. The Morgan fingerprint density at radius 2 is 2.04 bits per heavy atom. The third kappa shape index (κ3) is 3.92. The maximum atomic E-state index is 10.4. The van der Waals surface area contributed by atoms with Crippen LogP contribution in [0.15, 0.2) is 36.8 Å². The fourth-order valence-corrected chi connectivity index (χ4v) is 4.04. The van der Waals surface area contributed by atoms with Gasteiger partial charge >= 0.3 is 0 Å². The Kier molecular flexibility index (Phi) is 5.24. The molecule has 2 fully saturated rings. The Labute approximate surface area is 153 Å². The molecular weight excluding hydrogens is 328 g/mol. The number of hydrogen-bond donors (Lipinski definition) is 3. The minimum absolute atomic E-state index is 0.00251. The van der Waals surface area contributed by atoms with E-state index < -0.39 is 6.10 Å². The van der Waals surface area contributed by atoms with Gasteiger partial charge in [-0.2, -0.15) is 0 Å². The van der Waals surface area contributed by atoms with Crippen LogP contribution in [0.5, 0.6) is 0 Å². The number of hydrogen-bond acceptors (Lipinski definition) is 6. The van der Waals surface area contributed by atoms with Gasteiger partial charge in [0.15, 0.2) is 0 Å². The highest BCUT2D eigenvalue weighted by molar-refractivity contribution is 5.13.